The Hall–Kier alpha value is -3.84. The van der Waals surface area contributed by atoms with Crippen LogP contribution in [0.4, 0.5) is 0 Å². The number of benzene rings is 3. The quantitative estimate of drug-likeness (QED) is 0.408. The number of methoxy groups -OCH3 is 1. The van der Waals surface area contributed by atoms with Gasteiger partial charge in [0.15, 0.2) is 18.1 Å². The fourth-order valence-electron chi connectivity index (χ4n) is 3.33. The molecule has 3 aromatic rings. The van der Waals surface area contributed by atoms with Crippen LogP contribution in [0.15, 0.2) is 72.8 Å². The molecule has 0 spiro atoms. The molecule has 0 radical (unpaired) electrons. The van der Waals surface area contributed by atoms with Crippen LogP contribution in [0.3, 0.4) is 0 Å². The van der Waals surface area contributed by atoms with Crippen LogP contribution in [0.1, 0.15) is 40.9 Å². The predicted octanol–water partition coefficient (Wildman–Crippen LogP) is 4.25. The van der Waals surface area contributed by atoms with Gasteiger partial charge < -0.3 is 24.8 Å². The number of rotatable bonds is 12. The Balaban J connectivity index is 1.48. The molecule has 2 N–H and O–H groups in total. The summed E-state index contributed by atoms with van der Waals surface area (Å²) < 4.78 is 16.6. The lowest BCUT2D eigenvalue weighted by atomic mass is 10.1. The highest BCUT2D eigenvalue weighted by molar-refractivity contribution is 5.94. The third-order valence-corrected chi connectivity index (χ3v) is 5.09. The van der Waals surface area contributed by atoms with E-state index in [9.17, 15) is 9.59 Å². The van der Waals surface area contributed by atoms with Crippen molar-refractivity contribution >= 4 is 11.8 Å². The Labute approximate surface area is 206 Å². The van der Waals surface area contributed by atoms with Crippen molar-refractivity contribution in [3.05, 3.63) is 95.1 Å². The standard InChI is InChI=1S/C28H32N2O5/c1-20(2)30-27(31)19-35-25-14-13-24(15-26(25)33-3)28(32)29-16-21-9-11-23(12-10-21)18-34-17-22-7-5-4-6-8-22/h4-15,20H,16-19H2,1-3H3,(H,29,32)(H,30,31). The first kappa shape index (κ1) is 25.8. The van der Waals surface area contributed by atoms with Crippen molar-refractivity contribution < 1.29 is 23.8 Å². The van der Waals surface area contributed by atoms with Gasteiger partial charge in [-0.15, -0.1) is 0 Å². The SMILES string of the molecule is COc1cc(C(=O)NCc2ccc(COCc3ccccc3)cc2)ccc1OCC(=O)NC(C)C. The molecule has 0 saturated carbocycles. The van der Waals surface area contributed by atoms with Crippen molar-refractivity contribution in [1.29, 1.82) is 0 Å². The Morgan fingerprint density at radius 1 is 0.829 bits per heavy atom. The van der Waals surface area contributed by atoms with Gasteiger partial charge in [-0.05, 0) is 48.7 Å². The lowest BCUT2D eigenvalue weighted by molar-refractivity contribution is -0.123. The molecule has 0 heterocycles. The van der Waals surface area contributed by atoms with Gasteiger partial charge in [0.05, 0.1) is 20.3 Å². The topological polar surface area (TPSA) is 85.9 Å². The molecular weight excluding hydrogens is 444 g/mol. The van der Waals surface area contributed by atoms with Crippen LogP contribution in [-0.4, -0.2) is 31.6 Å². The van der Waals surface area contributed by atoms with Crippen molar-refractivity contribution in [3.8, 4) is 11.5 Å². The molecule has 0 saturated heterocycles. The van der Waals surface area contributed by atoms with E-state index in [2.05, 4.69) is 10.6 Å². The number of carbonyl (C=O) groups excluding carboxylic acids is 2. The smallest absolute Gasteiger partial charge is 0.258 e. The van der Waals surface area contributed by atoms with Crippen LogP contribution in [0.25, 0.3) is 0 Å². The van der Waals surface area contributed by atoms with Crippen molar-refractivity contribution in [2.24, 2.45) is 0 Å². The summed E-state index contributed by atoms with van der Waals surface area (Å²) in [6.07, 6.45) is 0. The number of ether oxygens (including phenoxy) is 3. The van der Waals surface area contributed by atoms with E-state index in [1.165, 1.54) is 7.11 Å². The van der Waals surface area contributed by atoms with Gasteiger partial charge in [0.2, 0.25) is 0 Å². The lowest BCUT2D eigenvalue weighted by Crippen LogP contribution is -2.34. The van der Waals surface area contributed by atoms with Gasteiger partial charge in [-0.1, -0.05) is 54.6 Å². The van der Waals surface area contributed by atoms with Crippen LogP contribution in [0, 0.1) is 0 Å². The fraction of sp³-hybridized carbons (Fsp3) is 0.286. The summed E-state index contributed by atoms with van der Waals surface area (Å²) >= 11 is 0. The third-order valence-electron chi connectivity index (χ3n) is 5.09. The van der Waals surface area contributed by atoms with Gasteiger partial charge in [0, 0.05) is 18.2 Å². The average molecular weight is 477 g/mol. The predicted molar refractivity (Wildman–Crippen MR) is 134 cm³/mol. The van der Waals surface area contributed by atoms with Gasteiger partial charge in [0.25, 0.3) is 11.8 Å². The van der Waals surface area contributed by atoms with E-state index in [0.29, 0.717) is 36.8 Å². The molecule has 7 nitrogen and oxygen atoms in total. The molecule has 7 heteroatoms. The molecule has 2 amide bonds. The maximum Gasteiger partial charge on any atom is 0.258 e. The highest BCUT2D eigenvalue weighted by atomic mass is 16.5. The van der Waals surface area contributed by atoms with Crippen LogP contribution in [0.5, 0.6) is 11.5 Å². The largest absolute Gasteiger partial charge is 0.493 e. The first-order valence-corrected chi connectivity index (χ1v) is 11.5. The molecule has 0 fully saturated rings. The van der Waals surface area contributed by atoms with E-state index in [1.54, 1.807) is 18.2 Å². The second-order valence-electron chi connectivity index (χ2n) is 8.35. The zero-order valence-electron chi connectivity index (χ0n) is 20.4. The summed E-state index contributed by atoms with van der Waals surface area (Å²) in [5.41, 5.74) is 3.62. The maximum atomic E-state index is 12.6. The molecular formula is C28H32N2O5. The van der Waals surface area contributed by atoms with Crippen LogP contribution >= 0.6 is 0 Å². The minimum Gasteiger partial charge on any atom is -0.493 e. The molecule has 0 aliphatic carbocycles. The second kappa shape index (κ2) is 13.2. The zero-order chi connectivity index (χ0) is 25.0. The first-order valence-electron chi connectivity index (χ1n) is 11.5. The Kier molecular flexibility index (Phi) is 9.69. The second-order valence-corrected chi connectivity index (χ2v) is 8.35. The minimum atomic E-state index is -0.234. The fourth-order valence-corrected chi connectivity index (χ4v) is 3.33. The molecule has 0 aliphatic rings. The lowest BCUT2D eigenvalue weighted by Gasteiger charge is -2.13. The number of nitrogens with one attached hydrogen (secondary N) is 2. The maximum absolute atomic E-state index is 12.6. The summed E-state index contributed by atoms with van der Waals surface area (Å²) in [6.45, 7) is 5.10. The van der Waals surface area contributed by atoms with Gasteiger partial charge in [-0.3, -0.25) is 9.59 Å². The summed E-state index contributed by atoms with van der Waals surface area (Å²) in [7, 11) is 1.49. The van der Waals surface area contributed by atoms with Gasteiger partial charge in [-0.25, -0.2) is 0 Å². The van der Waals surface area contributed by atoms with Gasteiger partial charge in [-0.2, -0.15) is 0 Å². The summed E-state index contributed by atoms with van der Waals surface area (Å²) in [4.78, 5) is 24.4. The molecule has 0 aromatic heterocycles. The number of amides is 2. The van der Waals surface area contributed by atoms with Crippen molar-refractivity contribution in [3.63, 3.8) is 0 Å². The molecule has 3 rings (SSSR count). The Morgan fingerprint density at radius 3 is 2.14 bits per heavy atom. The summed E-state index contributed by atoms with van der Waals surface area (Å²) in [5, 5.41) is 5.67. The Bertz CT molecular complexity index is 1100. The Morgan fingerprint density at radius 2 is 1.49 bits per heavy atom. The van der Waals surface area contributed by atoms with E-state index < -0.39 is 0 Å². The molecule has 35 heavy (non-hydrogen) atoms. The zero-order valence-corrected chi connectivity index (χ0v) is 20.4. The normalized spacial score (nSPS) is 10.6. The van der Waals surface area contributed by atoms with E-state index in [-0.39, 0.29) is 24.5 Å². The van der Waals surface area contributed by atoms with E-state index in [0.717, 1.165) is 16.7 Å². The highest BCUT2D eigenvalue weighted by Crippen LogP contribution is 2.28. The van der Waals surface area contributed by atoms with Gasteiger partial charge in [0.1, 0.15) is 0 Å². The van der Waals surface area contributed by atoms with Crippen LogP contribution < -0.4 is 20.1 Å². The summed E-state index contributed by atoms with van der Waals surface area (Å²) in [6, 6.07) is 22.9. The highest BCUT2D eigenvalue weighted by Gasteiger charge is 2.13. The van der Waals surface area contributed by atoms with Crippen molar-refractivity contribution in [2.75, 3.05) is 13.7 Å². The van der Waals surface area contributed by atoms with Crippen LogP contribution in [0.2, 0.25) is 0 Å². The van der Waals surface area contributed by atoms with E-state index in [1.807, 2.05) is 68.4 Å². The minimum absolute atomic E-state index is 0.0308. The third kappa shape index (κ3) is 8.46. The van der Waals surface area contributed by atoms with Crippen molar-refractivity contribution in [1.82, 2.24) is 10.6 Å². The molecule has 0 unspecified atom stereocenters. The first-order chi connectivity index (χ1) is 16.9. The van der Waals surface area contributed by atoms with Crippen LogP contribution in [-0.2, 0) is 29.3 Å². The van der Waals surface area contributed by atoms with Crippen molar-refractivity contribution in [2.45, 2.75) is 39.6 Å². The van der Waals surface area contributed by atoms with E-state index >= 15 is 0 Å². The summed E-state index contributed by atoms with van der Waals surface area (Å²) in [5.74, 6) is 0.322. The molecule has 184 valence electrons. The monoisotopic (exact) mass is 476 g/mol. The number of carbonyl (C=O) groups is 2. The average Bonchev–Trinajstić information content (AvgIpc) is 2.87. The molecule has 0 bridgehead atoms. The molecule has 3 aromatic carbocycles. The number of hydrogen-bond donors (Lipinski definition) is 2. The van der Waals surface area contributed by atoms with Gasteiger partial charge >= 0.3 is 0 Å². The van der Waals surface area contributed by atoms with E-state index in [4.69, 9.17) is 14.2 Å². The number of hydrogen-bond acceptors (Lipinski definition) is 5. The molecule has 0 aliphatic heterocycles. The molecule has 0 atom stereocenters.